The van der Waals surface area contributed by atoms with E-state index >= 15 is 0 Å². The highest BCUT2D eigenvalue weighted by Crippen LogP contribution is 2.49. The lowest BCUT2D eigenvalue weighted by Crippen LogP contribution is -2.26. The number of aromatic amines is 1. The number of hydrogen-bond donors (Lipinski definition) is 1. The molecule has 0 bridgehead atoms. The van der Waals surface area contributed by atoms with Gasteiger partial charge in [-0.1, -0.05) is 6.07 Å². The summed E-state index contributed by atoms with van der Waals surface area (Å²) in [6, 6.07) is 7.64. The van der Waals surface area contributed by atoms with Gasteiger partial charge < -0.3 is 14.0 Å². The average Bonchev–Trinajstić information content (AvgIpc) is 3.12. The summed E-state index contributed by atoms with van der Waals surface area (Å²) in [5, 5.41) is 8.39. The maximum absolute atomic E-state index is 13.4. The number of hydrogen-bond acceptors (Lipinski definition) is 5. The molecule has 1 saturated carbocycles. The minimum absolute atomic E-state index is 0.0544. The first-order valence-corrected chi connectivity index (χ1v) is 10.5. The van der Waals surface area contributed by atoms with Gasteiger partial charge in [-0.15, -0.1) is 0 Å². The number of aromatic nitrogens is 5. The van der Waals surface area contributed by atoms with E-state index in [1.165, 1.54) is 0 Å². The van der Waals surface area contributed by atoms with Gasteiger partial charge in [0.2, 0.25) is 5.88 Å². The van der Waals surface area contributed by atoms with Crippen LogP contribution in [0.4, 0.5) is 8.78 Å². The number of alkyl halides is 2. The summed E-state index contributed by atoms with van der Waals surface area (Å²) >= 11 is 0. The second-order valence-corrected chi connectivity index (χ2v) is 8.30. The van der Waals surface area contributed by atoms with Crippen LogP contribution >= 0.6 is 0 Å². The van der Waals surface area contributed by atoms with Crippen molar-refractivity contribution >= 4 is 21.9 Å². The van der Waals surface area contributed by atoms with Crippen molar-refractivity contribution in [3.05, 3.63) is 36.8 Å². The molecular formula is C22H21F2N5O2. The van der Waals surface area contributed by atoms with Crippen LogP contribution in [0.3, 0.4) is 0 Å². The maximum atomic E-state index is 13.4. The molecule has 6 rings (SSSR count). The summed E-state index contributed by atoms with van der Waals surface area (Å²) in [7, 11) is 0. The summed E-state index contributed by atoms with van der Waals surface area (Å²) in [5.41, 5.74) is 3.99. The van der Waals surface area contributed by atoms with Crippen LogP contribution in [0.5, 0.6) is 5.88 Å². The Balaban J connectivity index is 1.39. The molecule has 1 aliphatic carbocycles. The molecule has 1 N–H and O–H groups in total. The molecule has 0 amide bonds. The molecule has 0 radical (unpaired) electrons. The number of imidazole rings is 1. The van der Waals surface area contributed by atoms with Crippen molar-refractivity contribution in [3.63, 3.8) is 0 Å². The van der Waals surface area contributed by atoms with Crippen molar-refractivity contribution in [2.45, 2.75) is 37.8 Å². The Hall–Kier alpha value is -3.07. The van der Waals surface area contributed by atoms with E-state index in [2.05, 4.69) is 20.2 Å². The summed E-state index contributed by atoms with van der Waals surface area (Å²) in [5.74, 6) is -2.64. The zero-order chi connectivity index (χ0) is 21.0. The van der Waals surface area contributed by atoms with Gasteiger partial charge in [-0.05, 0) is 18.2 Å². The molecule has 1 aliphatic heterocycles. The first kappa shape index (κ1) is 18.7. The van der Waals surface area contributed by atoms with Crippen molar-refractivity contribution in [1.82, 2.24) is 24.7 Å². The Labute approximate surface area is 176 Å². The molecule has 4 aromatic rings. The van der Waals surface area contributed by atoms with Crippen molar-refractivity contribution in [1.29, 1.82) is 0 Å². The standard InChI is InChI=1S/C22H21F2N5O2/c23-22(24)10-14(22)11-29-12-26-16-2-1-13(9-18(16)29)20-19-17(27-28-20)3-6-25-21(19)31-15-4-7-30-8-5-15/h1-3,6,9,12,14-15H,4-5,7-8,10-11H2,(H,27,28). The lowest BCUT2D eigenvalue weighted by atomic mass is 10.1. The topological polar surface area (TPSA) is 77.9 Å². The van der Waals surface area contributed by atoms with Crippen LogP contribution < -0.4 is 4.74 Å². The molecule has 3 aromatic heterocycles. The molecule has 160 valence electrons. The highest BCUT2D eigenvalue weighted by atomic mass is 19.3. The van der Waals surface area contributed by atoms with Crippen LogP contribution in [0.1, 0.15) is 19.3 Å². The highest BCUT2D eigenvalue weighted by Gasteiger charge is 2.56. The first-order chi connectivity index (χ1) is 15.1. The molecular weight excluding hydrogens is 404 g/mol. The summed E-state index contributed by atoms with van der Waals surface area (Å²) < 4.78 is 40.3. The van der Waals surface area contributed by atoms with Crippen molar-refractivity contribution < 1.29 is 18.3 Å². The minimum Gasteiger partial charge on any atom is -0.474 e. The largest absolute Gasteiger partial charge is 0.474 e. The van der Waals surface area contributed by atoms with Gasteiger partial charge in [0.25, 0.3) is 5.92 Å². The Bertz CT molecular complexity index is 1260. The van der Waals surface area contributed by atoms with Gasteiger partial charge in [0.15, 0.2) is 0 Å². The lowest BCUT2D eigenvalue weighted by Gasteiger charge is -2.23. The molecule has 1 aromatic carbocycles. The maximum Gasteiger partial charge on any atom is 0.253 e. The summed E-state index contributed by atoms with van der Waals surface area (Å²) in [6.45, 7) is 1.62. The minimum atomic E-state index is -2.56. The van der Waals surface area contributed by atoms with E-state index in [9.17, 15) is 8.78 Å². The van der Waals surface area contributed by atoms with Crippen molar-refractivity contribution in [2.24, 2.45) is 5.92 Å². The van der Waals surface area contributed by atoms with Crippen molar-refractivity contribution in [3.8, 4) is 17.1 Å². The van der Waals surface area contributed by atoms with Crippen molar-refractivity contribution in [2.75, 3.05) is 13.2 Å². The first-order valence-electron chi connectivity index (χ1n) is 10.5. The van der Waals surface area contributed by atoms with E-state index < -0.39 is 11.8 Å². The summed E-state index contributed by atoms with van der Waals surface area (Å²) in [4.78, 5) is 8.84. The smallest absolute Gasteiger partial charge is 0.253 e. The van der Waals surface area contributed by atoms with E-state index in [0.29, 0.717) is 19.1 Å². The van der Waals surface area contributed by atoms with Gasteiger partial charge >= 0.3 is 0 Å². The fourth-order valence-electron chi connectivity index (χ4n) is 4.24. The van der Waals surface area contributed by atoms with Gasteiger partial charge in [-0.3, -0.25) is 5.10 Å². The number of nitrogens with one attached hydrogen (secondary N) is 1. The molecule has 1 saturated heterocycles. The van der Waals surface area contributed by atoms with Crippen LogP contribution in [-0.4, -0.2) is 50.0 Å². The molecule has 9 heteroatoms. The van der Waals surface area contributed by atoms with Gasteiger partial charge in [-0.25, -0.2) is 18.7 Å². The predicted molar refractivity (Wildman–Crippen MR) is 110 cm³/mol. The third-order valence-electron chi connectivity index (χ3n) is 6.16. The lowest BCUT2D eigenvalue weighted by molar-refractivity contribution is 0.0244. The highest BCUT2D eigenvalue weighted by molar-refractivity contribution is 5.98. The van der Waals surface area contributed by atoms with Crippen LogP contribution in [-0.2, 0) is 11.3 Å². The third kappa shape index (κ3) is 3.33. The summed E-state index contributed by atoms with van der Waals surface area (Å²) in [6.07, 6.45) is 4.97. The molecule has 2 aliphatic rings. The Kier molecular flexibility index (Phi) is 4.21. The molecule has 1 unspecified atom stereocenters. The quantitative estimate of drug-likeness (QED) is 0.519. The molecule has 4 heterocycles. The fraction of sp³-hybridized carbons (Fsp3) is 0.409. The monoisotopic (exact) mass is 425 g/mol. The number of H-pyrrole nitrogens is 1. The van der Waals surface area contributed by atoms with Gasteiger partial charge in [0.1, 0.15) is 11.8 Å². The SMILES string of the molecule is FC1(F)CC1Cn1cnc2ccc(-c3n[nH]c4ccnc(OC5CCOCC5)c34)cc21. The third-order valence-corrected chi connectivity index (χ3v) is 6.16. The number of benzene rings is 1. The second-order valence-electron chi connectivity index (χ2n) is 8.30. The number of nitrogens with zero attached hydrogens (tertiary/aromatic N) is 4. The predicted octanol–water partition coefficient (Wildman–Crippen LogP) is 4.19. The van der Waals surface area contributed by atoms with E-state index in [-0.39, 0.29) is 19.1 Å². The number of ether oxygens (including phenoxy) is 2. The second kappa shape index (κ2) is 6.98. The van der Waals surface area contributed by atoms with Crippen LogP contribution in [0.2, 0.25) is 0 Å². The van der Waals surface area contributed by atoms with E-state index in [1.807, 2.05) is 24.3 Å². The molecule has 2 fully saturated rings. The van der Waals surface area contributed by atoms with Gasteiger partial charge in [-0.2, -0.15) is 5.10 Å². The fourth-order valence-corrected chi connectivity index (χ4v) is 4.24. The Morgan fingerprint density at radius 1 is 1.19 bits per heavy atom. The van der Waals surface area contributed by atoms with E-state index in [0.717, 1.165) is 46.0 Å². The Morgan fingerprint density at radius 2 is 2.03 bits per heavy atom. The number of fused-ring (bicyclic) bond motifs is 2. The Morgan fingerprint density at radius 3 is 2.84 bits per heavy atom. The normalized spacial score (nSPS) is 21.0. The average molecular weight is 425 g/mol. The molecule has 7 nitrogen and oxygen atoms in total. The van der Waals surface area contributed by atoms with Gasteiger partial charge in [0.05, 0.1) is 41.5 Å². The number of rotatable bonds is 5. The molecule has 31 heavy (non-hydrogen) atoms. The number of pyridine rings is 1. The zero-order valence-corrected chi connectivity index (χ0v) is 16.7. The van der Waals surface area contributed by atoms with E-state index in [1.54, 1.807) is 17.1 Å². The van der Waals surface area contributed by atoms with Crippen LogP contribution in [0.25, 0.3) is 33.2 Å². The van der Waals surface area contributed by atoms with Crippen LogP contribution in [0, 0.1) is 5.92 Å². The van der Waals surface area contributed by atoms with Gasteiger partial charge in [0, 0.05) is 43.5 Å². The van der Waals surface area contributed by atoms with E-state index in [4.69, 9.17) is 9.47 Å². The molecule has 0 spiro atoms. The molecule has 1 atom stereocenters. The number of halogens is 2. The van der Waals surface area contributed by atoms with Crippen LogP contribution in [0.15, 0.2) is 36.8 Å². The zero-order valence-electron chi connectivity index (χ0n) is 16.7.